The van der Waals surface area contributed by atoms with Crippen molar-refractivity contribution in [3.63, 3.8) is 0 Å². The minimum atomic E-state index is 0.0239. The van der Waals surface area contributed by atoms with Crippen molar-refractivity contribution in [3.8, 4) is 5.75 Å². The number of carbonyl (C=O) groups is 1. The summed E-state index contributed by atoms with van der Waals surface area (Å²) in [5.41, 5.74) is 6.56. The first-order chi connectivity index (χ1) is 10.1. The van der Waals surface area contributed by atoms with Crippen molar-refractivity contribution in [2.24, 2.45) is 17.6 Å². The van der Waals surface area contributed by atoms with Crippen LogP contribution in [-0.2, 0) is 4.79 Å². The van der Waals surface area contributed by atoms with Crippen molar-refractivity contribution >= 4 is 11.6 Å². The molecule has 3 N–H and O–H groups in total. The largest absolute Gasteiger partial charge is 0.489 e. The van der Waals surface area contributed by atoms with Gasteiger partial charge in [-0.2, -0.15) is 0 Å². The molecular formula is C17H26N2O2. The molecule has 4 nitrogen and oxygen atoms in total. The lowest BCUT2D eigenvalue weighted by Crippen LogP contribution is -2.35. The standard InChI is InChI=1S/C17H26N2O2/c1-12(2)21-16-10-6-5-9-15(16)19-17(20)14-8-4-3-7-13(14)11-18/h5-6,9-10,12-14H,3-4,7-8,11,18H2,1-2H3,(H,19,20). The van der Waals surface area contributed by atoms with Gasteiger partial charge in [0.05, 0.1) is 11.8 Å². The molecule has 1 aliphatic rings. The molecule has 2 unspecified atom stereocenters. The maximum atomic E-state index is 12.6. The number of nitrogens with two attached hydrogens (primary N) is 1. The number of hydrogen-bond donors (Lipinski definition) is 2. The topological polar surface area (TPSA) is 64.3 Å². The van der Waals surface area contributed by atoms with Crippen LogP contribution in [0.3, 0.4) is 0 Å². The first kappa shape index (κ1) is 15.8. The quantitative estimate of drug-likeness (QED) is 0.875. The van der Waals surface area contributed by atoms with Crippen LogP contribution in [0.2, 0.25) is 0 Å². The minimum Gasteiger partial charge on any atom is -0.489 e. The molecule has 0 aliphatic heterocycles. The highest BCUT2D eigenvalue weighted by Crippen LogP contribution is 2.32. The number of hydrogen-bond acceptors (Lipinski definition) is 3. The average molecular weight is 290 g/mol. The maximum absolute atomic E-state index is 12.6. The Hall–Kier alpha value is -1.55. The van der Waals surface area contributed by atoms with Crippen LogP contribution in [0.5, 0.6) is 5.75 Å². The number of amides is 1. The number of carbonyl (C=O) groups excluding carboxylic acids is 1. The molecule has 1 aromatic rings. The molecule has 0 heterocycles. The van der Waals surface area contributed by atoms with Crippen molar-refractivity contribution in [2.45, 2.75) is 45.6 Å². The van der Waals surface area contributed by atoms with E-state index in [4.69, 9.17) is 10.5 Å². The molecule has 0 radical (unpaired) electrons. The predicted molar refractivity (Wildman–Crippen MR) is 85.3 cm³/mol. The molecule has 0 aromatic heterocycles. The molecular weight excluding hydrogens is 264 g/mol. The highest BCUT2D eigenvalue weighted by atomic mass is 16.5. The number of anilines is 1. The summed E-state index contributed by atoms with van der Waals surface area (Å²) in [5.74, 6) is 1.12. The average Bonchev–Trinajstić information content (AvgIpc) is 2.48. The lowest BCUT2D eigenvalue weighted by atomic mass is 9.78. The molecule has 4 heteroatoms. The Bertz CT molecular complexity index is 474. The molecule has 1 aromatic carbocycles. The molecule has 1 fully saturated rings. The second-order valence-corrected chi connectivity index (χ2v) is 6.04. The fourth-order valence-electron chi connectivity index (χ4n) is 2.99. The van der Waals surface area contributed by atoms with E-state index in [1.807, 2.05) is 38.1 Å². The van der Waals surface area contributed by atoms with Crippen molar-refractivity contribution in [3.05, 3.63) is 24.3 Å². The van der Waals surface area contributed by atoms with Crippen LogP contribution < -0.4 is 15.8 Å². The van der Waals surface area contributed by atoms with Crippen molar-refractivity contribution in [1.82, 2.24) is 0 Å². The smallest absolute Gasteiger partial charge is 0.227 e. The van der Waals surface area contributed by atoms with Crippen LogP contribution in [0.1, 0.15) is 39.5 Å². The van der Waals surface area contributed by atoms with Crippen LogP contribution in [0.15, 0.2) is 24.3 Å². The van der Waals surface area contributed by atoms with E-state index < -0.39 is 0 Å². The third kappa shape index (κ3) is 4.21. The van der Waals surface area contributed by atoms with Crippen LogP contribution in [0.25, 0.3) is 0 Å². The third-order valence-electron chi connectivity index (χ3n) is 4.06. The van der Waals surface area contributed by atoms with Gasteiger partial charge in [0.2, 0.25) is 5.91 Å². The summed E-state index contributed by atoms with van der Waals surface area (Å²) in [6.45, 7) is 4.54. The molecule has 1 saturated carbocycles. The molecule has 116 valence electrons. The van der Waals surface area contributed by atoms with Crippen molar-refractivity contribution in [1.29, 1.82) is 0 Å². The van der Waals surface area contributed by atoms with E-state index in [2.05, 4.69) is 5.32 Å². The summed E-state index contributed by atoms with van der Waals surface area (Å²) in [7, 11) is 0. The fourth-order valence-corrected chi connectivity index (χ4v) is 2.99. The van der Waals surface area contributed by atoms with E-state index in [0.717, 1.165) is 30.7 Å². The highest BCUT2D eigenvalue weighted by molar-refractivity contribution is 5.94. The SMILES string of the molecule is CC(C)Oc1ccccc1NC(=O)C1CCCCC1CN. The van der Waals surface area contributed by atoms with Gasteiger partial charge in [-0.25, -0.2) is 0 Å². The Kier molecular flexibility index (Phi) is 5.62. The Balaban J connectivity index is 2.08. The first-order valence-corrected chi connectivity index (χ1v) is 7.88. The lowest BCUT2D eigenvalue weighted by molar-refractivity contribution is -0.122. The molecule has 1 amide bonds. The zero-order valence-electron chi connectivity index (χ0n) is 13.0. The van der Waals surface area contributed by atoms with E-state index in [1.165, 1.54) is 6.42 Å². The second kappa shape index (κ2) is 7.46. The molecule has 21 heavy (non-hydrogen) atoms. The maximum Gasteiger partial charge on any atom is 0.227 e. The van der Waals surface area contributed by atoms with E-state index in [-0.39, 0.29) is 17.9 Å². The van der Waals surface area contributed by atoms with Gasteiger partial charge < -0.3 is 15.8 Å². The molecule has 0 bridgehead atoms. The van der Waals surface area contributed by atoms with E-state index in [9.17, 15) is 4.79 Å². The Morgan fingerprint density at radius 3 is 2.76 bits per heavy atom. The molecule has 2 atom stereocenters. The summed E-state index contributed by atoms with van der Waals surface area (Å²) in [4.78, 5) is 12.6. The number of rotatable bonds is 5. The molecule has 1 aliphatic carbocycles. The van der Waals surface area contributed by atoms with Crippen LogP contribution in [-0.4, -0.2) is 18.6 Å². The summed E-state index contributed by atoms with van der Waals surface area (Å²) >= 11 is 0. The summed E-state index contributed by atoms with van der Waals surface area (Å²) in [6, 6.07) is 7.59. The van der Waals surface area contributed by atoms with Crippen LogP contribution in [0, 0.1) is 11.8 Å². The lowest BCUT2D eigenvalue weighted by Gasteiger charge is -2.29. The molecule has 0 saturated heterocycles. The van der Waals surface area contributed by atoms with Gasteiger partial charge in [-0.1, -0.05) is 25.0 Å². The fraction of sp³-hybridized carbons (Fsp3) is 0.588. The van der Waals surface area contributed by atoms with E-state index >= 15 is 0 Å². The number of benzene rings is 1. The van der Waals surface area contributed by atoms with Gasteiger partial charge in [-0.05, 0) is 51.3 Å². The zero-order valence-corrected chi connectivity index (χ0v) is 13.0. The number of ether oxygens (including phenoxy) is 1. The summed E-state index contributed by atoms with van der Waals surface area (Å²) in [5, 5.41) is 3.03. The number of nitrogens with one attached hydrogen (secondary N) is 1. The van der Waals surface area contributed by atoms with Crippen LogP contribution >= 0.6 is 0 Å². The van der Waals surface area contributed by atoms with Gasteiger partial charge in [0, 0.05) is 5.92 Å². The second-order valence-electron chi connectivity index (χ2n) is 6.04. The van der Waals surface area contributed by atoms with Crippen LogP contribution in [0.4, 0.5) is 5.69 Å². The van der Waals surface area contributed by atoms with Gasteiger partial charge in [0.15, 0.2) is 0 Å². The van der Waals surface area contributed by atoms with Gasteiger partial charge in [0.1, 0.15) is 5.75 Å². The van der Waals surface area contributed by atoms with Gasteiger partial charge in [-0.15, -0.1) is 0 Å². The molecule has 2 rings (SSSR count). The van der Waals surface area contributed by atoms with Crippen molar-refractivity contribution in [2.75, 3.05) is 11.9 Å². The van der Waals surface area contributed by atoms with Gasteiger partial charge in [-0.3, -0.25) is 4.79 Å². The minimum absolute atomic E-state index is 0.0239. The monoisotopic (exact) mass is 290 g/mol. The predicted octanol–water partition coefficient (Wildman–Crippen LogP) is 3.18. The van der Waals surface area contributed by atoms with E-state index in [1.54, 1.807) is 0 Å². The van der Waals surface area contributed by atoms with Crippen molar-refractivity contribution < 1.29 is 9.53 Å². The highest BCUT2D eigenvalue weighted by Gasteiger charge is 2.30. The summed E-state index contributed by atoms with van der Waals surface area (Å²) in [6.07, 6.45) is 4.35. The first-order valence-electron chi connectivity index (χ1n) is 7.88. The van der Waals surface area contributed by atoms with Gasteiger partial charge >= 0.3 is 0 Å². The van der Waals surface area contributed by atoms with E-state index in [0.29, 0.717) is 12.5 Å². The molecule has 0 spiro atoms. The summed E-state index contributed by atoms with van der Waals surface area (Å²) < 4.78 is 5.75. The normalized spacial score (nSPS) is 22.1. The Morgan fingerprint density at radius 2 is 2.05 bits per heavy atom. The number of para-hydroxylation sites is 2. The van der Waals surface area contributed by atoms with Gasteiger partial charge in [0.25, 0.3) is 0 Å². The zero-order chi connectivity index (χ0) is 15.2. The Labute approximate surface area is 127 Å². The third-order valence-corrected chi connectivity index (χ3v) is 4.06. The Morgan fingerprint density at radius 1 is 1.33 bits per heavy atom.